The van der Waals surface area contributed by atoms with Crippen LogP contribution in [0.15, 0.2) is 48.6 Å². The normalized spacial score (nSPS) is 16.1. The summed E-state index contributed by atoms with van der Waals surface area (Å²) in [4.78, 5) is 28.0. The zero-order valence-corrected chi connectivity index (χ0v) is 20.2. The molecule has 35 heavy (non-hydrogen) atoms. The number of piperazine rings is 1. The van der Waals surface area contributed by atoms with E-state index in [1.54, 1.807) is 12.0 Å². The maximum Gasteiger partial charge on any atom is 0.318 e. The molecule has 8 heteroatoms. The first-order valence-corrected chi connectivity index (χ1v) is 12.0. The minimum Gasteiger partial charge on any atom is -0.467 e. The number of hydrogen-bond donors (Lipinski definition) is 0. The van der Waals surface area contributed by atoms with E-state index in [0.717, 1.165) is 30.0 Å². The molecule has 0 spiro atoms. The standard InChI is InChI=1S/C27H30FN5O2/c1-19-6-3-7-20-8-4-9-23(25(19)20)33-13-11-21-22(18-33)29-27(35-2)30-26(21)32-16-14-31(15-17-32)24(34)10-5-12-28/h3-10H,11-18H2,1-2H3/b10-5+. The van der Waals surface area contributed by atoms with E-state index >= 15 is 0 Å². The van der Waals surface area contributed by atoms with Gasteiger partial charge in [-0.2, -0.15) is 9.97 Å². The molecule has 5 rings (SSSR count). The van der Waals surface area contributed by atoms with Crippen LogP contribution in [0.2, 0.25) is 0 Å². The minimum absolute atomic E-state index is 0.148. The third-order valence-electron chi connectivity index (χ3n) is 6.88. The summed E-state index contributed by atoms with van der Waals surface area (Å²) in [6, 6.07) is 13.2. The van der Waals surface area contributed by atoms with Crippen LogP contribution in [0, 0.1) is 6.92 Å². The number of rotatable bonds is 5. The first-order chi connectivity index (χ1) is 17.1. The maximum absolute atomic E-state index is 12.4. The summed E-state index contributed by atoms with van der Waals surface area (Å²) in [5.74, 6) is 0.748. The Balaban J connectivity index is 1.41. The lowest BCUT2D eigenvalue weighted by Gasteiger charge is -2.38. The molecule has 1 saturated heterocycles. The molecule has 1 amide bonds. The average Bonchev–Trinajstić information content (AvgIpc) is 2.90. The zero-order chi connectivity index (χ0) is 24.4. The number of aryl methyl sites for hydroxylation is 1. The number of allylic oxidation sites excluding steroid dienone is 1. The number of fused-ring (bicyclic) bond motifs is 2. The molecule has 2 aliphatic heterocycles. The Hall–Kier alpha value is -3.68. The van der Waals surface area contributed by atoms with Gasteiger partial charge in [-0.15, -0.1) is 0 Å². The average molecular weight is 476 g/mol. The zero-order valence-electron chi connectivity index (χ0n) is 20.2. The van der Waals surface area contributed by atoms with E-state index in [-0.39, 0.29) is 5.91 Å². The minimum atomic E-state index is -0.631. The van der Waals surface area contributed by atoms with Gasteiger partial charge in [0.15, 0.2) is 0 Å². The molecular weight excluding hydrogens is 445 g/mol. The van der Waals surface area contributed by atoms with Crippen LogP contribution in [0.3, 0.4) is 0 Å². The molecule has 7 nitrogen and oxygen atoms in total. The fourth-order valence-electron chi connectivity index (χ4n) is 5.11. The van der Waals surface area contributed by atoms with Crippen molar-refractivity contribution < 1.29 is 13.9 Å². The van der Waals surface area contributed by atoms with Crippen LogP contribution in [0.25, 0.3) is 10.8 Å². The number of aromatic nitrogens is 2. The van der Waals surface area contributed by atoms with E-state index in [1.807, 2.05) is 0 Å². The Bertz CT molecular complexity index is 1260. The molecule has 0 saturated carbocycles. The number of nitrogens with zero attached hydrogens (tertiary/aromatic N) is 5. The van der Waals surface area contributed by atoms with Crippen LogP contribution in [0.1, 0.15) is 16.8 Å². The van der Waals surface area contributed by atoms with Gasteiger partial charge in [-0.1, -0.05) is 30.3 Å². The number of hydrogen-bond acceptors (Lipinski definition) is 6. The van der Waals surface area contributed by atoms with Crippen molar-refractivity contribution in [1.29, 1.82) is 0 Å². The van der Waals surface area contributed by atoms with Gasteiger partial charge in [-0.25, -0.2) is 4.39 Å². The molecule has 2 aromatic carbocycles. The largest absolute Gasteiger partial charge is 0.467 e. The third-order valence-corrected chi connectivity index (χ3v) is 6.88. The molecule has 0 N–H and O–H groups in total. The molecule has 2 aliphatic rings. The van der Waals surface area contributed by atoms with E-state index in [1.165, 1.54) is 34.2 Å². The lowest BCUT2D eigenvalue weighted by atomic mass is 9.99. The molecule has 0 radical (unpaired) electrons. The summed E-state index contributed by atoms with van der Waals surface area (Å²) in [5, 5.41) is 2.52. The van der Waals surface area contributed by atoms with E-state index in [2.05, 4.69) is 53.1 Å². The fourth-order valence-corrected chi connectivity index (χ4v) is 5.11. The number of carbonyl (C=O) groups excluding carboxylic acids is 1. The fraction of sp³-hybridized carbons (Fsp3) is 0.370. The molecule has 0 atom stereocenters. The Kier molecular flexibility index (Phi) is 6.53. The number of amides is 1. The third kappa shape index (κ3) is 4.52. The molecule has 3 heterocycles. The highest BCUT2D eigenvalue weighted by Crippen LogP contribution is 2.35. The quantitative estimate of drug-likeness (QED) is 0.525. The van der Waals surface area contributed by atoms with Crippen LogP contribution >= 0.6 is 0 Å². The number of ether oxygens (including phenoxy) is 1. The molecule has 1 aromatic heterocycles. The van der Waals surface area contributed by atoms with Crippen molar-refractivity contribution in [2.75, 3.05) is 56.3 Å². The van der Waals surface area contributed by atoms with Crippen molar-refractivity contribution in [3.63, 3.8) is 0 Å². The SMILES string of the molecule is COc1nc2c(c(N3CCN(C(=O)/C=C/CF)CC3)n1)CCN(c1cccc3cccc(C)c13)C2. The summed E-state index contributed by atoms with van der Waals surface area (Å²) in [5.41, 5.74) is 4.61. The number of carbonyl (C=O) groups is 1. The Morgan fingerprint density at radius 3 is 2.57 bits per heavy atom. The molecule has 182 valence electrons. The van der Waals surface area contributed by atoms with Crippen molar-refractivity contribution in [2.45, 2.75) is 19.9 Å². The second-order valence-electron chi connectivity index (χ2n) is 8.95. The van der Waals surface area contributed by atoms with Gasteiger partial charge in [0.1, 0.15) is 12.5 Å². The maximum atomic E-state index is 12.4. The van der Waals surface area contributed by atoms with Crippen LogP contribution < -0.4 is 14.5 Å². The van der Waals surface area contributed by atoms with E-state index in [9.17, 15) is 9.18 Å². The van der Waals surface area contributed by atoms with Crippen molar-refractivity contribution in [1.82, 2.24) is 14.9 Å². The first-order valence-electron chi connectivity index (χ1n) is 12.0. The topological polar surface area (TPSA) is 61.8 Å². The second kappa shape index (κ2) is 9.90. The number of methoxy groups -OCH3 is 1. The highest BCUT2D eigenvalue weighted by Gasteiger charge is 2.29. The number of halogens is 1. The van der Waals surface area contributed by atoms with Gasteiger partial charge in [-0.05, 0) is 36.4 Å². The van der Waals surface area contributed by atoms with Crippen molar-refractivity contribution in [2.24, 2.45) is 0 Å². The molecule has 0 aliphatic carbocycles. The van der Waals surface area contributed by atoms with Crippen molar-refractivity contribution in [3.05, 3.63) is 65.4 Å². The van der Waals surface area contributed by atoms with Crippen molar-refractivity contribution in [3.8, 4) is 6.01 Å². The summed E-state index contributed by atoms with van der Waals surface area (Å²) in [6.45, 7) is 5.54. The van der Waals surface area contributed by atoms with Crippen LogP contribution in [0.5, 0.6) is 6.01 Å². The Labute approximate surface area is 204 Å². The lowest BCUT2D eigenvalue weighted by Crippen LogP contribution is -2.49. The van der Waals surface area contributed by atoms with Crippen LogP contribution in [0.4, 0.5) is 15.9 Å². The number of benzene rings is 2. The highest BCUT2D eigenvalue weighted by atomic mass is 19.1. The highest BCUT2D eigenvalue weighted by molar-refractivity contribution is 5.97. The second-order valence-corrected chi connectivity index (χ2v) is 8.95. The predicted octanol–water partition coefficient (Wildman–Crippen LogP) is 3.68. The van der Waals surface area contributed by atoms with Gasteiger partial charge in [0.05, 0.1) is 19.3 Å². The number of anilines is 2. The van der Waals surface area contributed by atoms with Crippen molar-refractivity contribution >= 4 is 28.2 Å². The van der Waals surface area contributed by atoms with Gasteiger partial charge in [0, 0.05) is 55.4 Å². The van der Waals surface area contributed by atoms with E-state index in [4.69, 9.17) is 14.7 Å². The first kappa shape index (κ1) is 23.1. The van der Waals surface area contributed by atoms with Gasteiger partial charge >= 0.3 is 6.01 Å². The Morgan fingerprint density at radius 1 is 1.06 bits per heavy atom. The molecule has 0 bridgehead atoms. The summed E-state index contributed by atoms with van der Waals surface area (Å²) in [7, 11) is 1.59. The van der Waals surface area contributed by atoms with Gasteiger partial charge in [0.2, 0.25) is 5.91 Å². The molecule has 1 fully saturated rings. The van der Waals surface area contributed by atoms with Gasteiger partial charge in [-0.3, -0.25) is 4.79 Å². The molecule has 3 aromatic rings. The molecule has 0 unspecified atom stereocenters. The smallest absolute Gasteiger partial charge is 0.318 e. The summed E-state index contributed by atoms with van der Waals surface area (Å²) in [6.07, 6.45) is 3.40. The van der Waals surface area contributed by atoms with Gasteiger partial charge < -0.3 is 19.4 Å². The van der Waals surface area contributed by atoms with E-state index in [0.29, 0.717) is 38.7 Å². The van der Waals surface area contributed by atoms with E-state index < -0.39 is 6.67 Å². The predicted molar refractivity (Wildman–Crippen MR) is 136 cm³/mol. The van der Waals surface area contributed by atoms with Crippen LogP contribution in [-0.2, 0) is 17.8 Å². The summed E-state index contributed by atoms with van der Waals surface area (Å²) >= 11 is 0. The summed E-state index contributed by atoms with van der Waals surface area (Å²) < 4.78 is 17.8. The molecular formula is C27H30FN5O2. The number of alkyl halides is 1. The lowest BCUT2D eigenvalue weighted by molar-refractivity contribution is -0.126. The monoisotopic (exact) mass is 475 g/mol. The van der Waals surface area contributed by atoms with Crippen LogP contribution in [-0.4, -0.2) is 67.3 Å². The van der Waals surface area contributed by atoms with Gasteiger partial charge in [0.25, 0.3) is 0 Å². The Morgan fingerprint density at radius 2 is 1.83 bits per heavy atom.